The van der Waals surface area contributed by atoms with E-state index in [1.54, 1.807) is 0 Å². The van der Waals surface area contributed by atoms with Crippen molar-refractivity contribution in [1.82, 2.24) is 9.97 Å². The normalized spacial score (nSPS) is 24.0. The molecule has 7 nitrogen and oxygen atoms in total. The van der Waals surface area contributed by atoms with E-state index >= 15 is 0 Å². The molecule has 2 fully saturated rings. The van der Waals surface area contributed by atoms with Gasteiger partial charge in [0.25, 0.3) is 0 Å². The Bertz CT molecular complexity index is 883. The highest BCUT2D eigenvalue weighted by Gasteiger charge is 2.28. The third-order valence-electron chi connectivity index (χ3n) is 4.90. The first-order valence-corrected chi connectivity index (χ1v) is 11.2. The summed E-state index contributed by atoms with van der Waals surface area (Å²) in [6.45, 7) is 1.51. The van der Waals surface area contributed by atoms with E-state index in [9.17, 15) is 8.42 Å². The molecule has 2 aromatic rings. The molecule has 8 heteroatoms. The van der Waals surface area contributed by atoms with E-state index in [4.69, 9.17) is 4.74 Å². The molecule has 0 spiro atoms. The molecule has 3 heterocycles. The van der Waals surface area contributed by atoms with E-state index in [1.807, 2.05) is 36.4 Å². The summed E-state index contributed by atoms with van der Waals surface area (Å²) in [7, 11) is -2.96. The Morgan fingerprint density at radius 3 is 2.70 bits per heavy atom. The van der Waals surface area contributed by atoms with Crippen LogP contribution in [0.2, 0.25) is 0 Å². The number of sulfone groups is 1. The summed E-state index contributed by atoms with van der Waals surface area (Å²) in [5, 5.41) is 6.55. The van der Waals surface area contributed by atoms with Crippen molar-refractivity contribution in [2.75, 3.05) is 35.3 Å². The molecule has 1 aromatic carbocycles. The van der Waals surface area contributed by atoms with E-state index in [1.165, 1.54) is 0 Å². The quantitative estimate of drug-likeness (QED) is 0.784. The number of ether oxygens (including phenoxy) is 1. The van der Waals surface area contributed by atoms with Crippen molar-refractivity contribution in [3.63, 3.8) is 0 Å². The fourth-order valence-corrected chi connectivity index (χ4v) is 5.15. The van der Waals surface area contributed by atoms with E-state index in [0.29, 0.717) is 24.7 Å². The van der Waals surface area contributed by atoms with Gasteiger partial charge in [0.05, 0.1) is 23.3 Å². The number of rotatable bonds is 6. The monoisotopic (exact) mass is 388 g/mol. The Morgan fingerprint density at radius 1 is 1.15 bits per heavy atom. The van der Waals surface area contributed by atoms with Gasteiger partial charge in [-0.15, -0.1) is 0 Å². The molecule has 0 radical (unpaired) electrons. The van der Waals surface area contributed by atoms with Gasteiger partial charge in [-0.1, -0.05) is 30.3 Å². The number of anilines is 2. The van der Waals surface area contributed by atoms with Crippen LogP contribution in [0.3, 0.4) is 0 Å². The second-order valence-electron chi connectivity index (χ2n) is 7.09. The van der Waals surface area contributed by atoms with Gasteiger partial charge in [-0.2, -0.15) is 4.98 Å². The van der Waals surface area contributed by atoms with Crippen LogP contribution in [0.4, 0.5) is 11.8 Å². The second kappa shape index (κ2) is 7.82. The van der Waals surface area contributed by atoms with Crippen molar-refractivity contribution in [3.05, 3.63) is 36.4 Å². The Kier molecular flexibility index (Phi) is 5.27. The Balaban J connectivity index is 1.56. The van der Waals surface area contributed by atoms with Crippen molar-refractivity contribution >= 4 is 21.6 Å². The first kappa shape index (κ1) is 18.2. The fraction of sp³-hybridized carbons (Fsp3) is 0.474. The number of hydrogen-bond acceptors (Lipinski definition) is 7. The third-order valence-corrected chi connectivity index (χ3v) is 6.66. The van der Waals surface area contributed by atoms with Crippen molar-refractivity contribution in [1.29, 1.82) is 0 Å². The Morgan fingerprint density at radius 2 is 2.00 bits per heavy atom. The van der Waals surface area contributed by atoms with Crippen LogP contribution >= 0.6 is 0 Å². The van der Waals surface area contributed by atoms with E-state index in [0.717, 1.165) is 30.7 Å². The highest BCUT2D eigenvalue weighted by molar-refractivity contribution is 7.91. The average Bonchev–Trinajstić information content (AvgIpc) is 3.30. The predicted octanol–water partition coefficient (Wildman–Crippen LogP) is 2.33. The largest absolute Gasteiger partial charge is 0.376 e. The van der Waals surface area contributed by atoms with Gasteiger partial charge in [-0.05, 0) is 19.3 Å². The standard InChI is InChI=1S/C19H24N4O3S/c24-27(25)10-8-15(13-27)21-19-22-17(14-5-2-1-3-6-14)11-18(23-19)20-12-16-7-4-9-26-16/h1-3,5-6,11,15-16H,4,7-10,12-13H2,(H2,20,21,22,23). The van der Waals surface area contributed by atoms with Crippen molar-refractivity contribution in [2.45, 2.75) is 31.4 Å². The van der Waals surface area contributed by atoms with Gasteiger partial charge in [0.15, 0.2) is 9.84 Å². The van der Waals surface area contributed by atoms with Crippen molar-refractivity contribution in [2.24, 2.45) is 0 Å². The van der Waals surface area contributed by atoms with Crippen LogP contribution in [0.5, 0.6) is 0 Å². The molecule has 0 bridgehead atoms. The first-order valence-electron chi connectivity index (χ1n) is 9.34. The molecule has 2 N–H and O–H groups in total. The van der Waals surface area contributed by atoms with Crippen LogP contribution in [0.1, 0.15) is 19.3 Å². The lowest BCUT2D eigenvalue weighted by Gasteiger charge is -2.15. The van der Waals surface area contributed by atoms with Crippen molar-refractivity contribution in [3.8, 4) is 11.3 Å². The molecule has 1 aromatic heterocycles. The highest BCUT2D eigenvalue weighted by Crippen LogP contribution is 2.23. The molecule has 2 aliphatic heterocycles. The third kappa shape index (κ3) is 4.75. The van der Waals surface area contributed by atoms with Crippen LogP contribution in [-0.2, 0) is 14.6 Å². The number of aromatic nitrogens is 2. The van der Waals surface area contributed by atoms with Gasteiger partial charge in [-0.25, -0.2) is 13.4 Å². The molecule has 2 unspecified atom stereocenters. The maximum atomic E-state index is 11.7. The van der Waals surface area contributed by atoms with Gasteiger partial charge in [0, 0.05) is 30.8 Å². The van der Waals surface area contributed by atoms with Gasteiger partial charge in [0.1, 0.15) is 5.82 Å². The van der Waals surface area contributed by atoms with E-state index in [-0.39, 0.29) is 23.7 Å². The average molecular weight is 388 g/mol. The molecule has 0 amide bonds. The summed E-state index contributed by atoms with van der Waals surface area (Å²) in [6.07, 6.45) is 2.93. The number of nitrogens with one attached hydrogen (secondary N) is 2. The first-order chi connectivity index (χ1) is 13.1. The minimum absolute atomic E-state index is 0.130. The number of hydrogen-bond donors (Lipinski definition) is 2. The van der Waals surface area contributed by atoms with E-state index in [2.05, 4.69) is 20.6 Å². The number of nitrogens with zero attached hydrogens (tertiary/aromatic N) is 2. The summed E-state index contributed by atoms with van der Waals surface area (Å²) in [6, 6.07) is 11.7. The minimum atomic E-state index is -2.96. The van der Waals surface area contributed by atoms with Crippen LogP contribution < -0.4 is 10.6 Å². The molecule has 144 valence electrons. The second-order valence-corrected chi connectivity index (χ2v) is 9.32. The van der Waals surface area contributed by atoms with Crippen molar-refractivity contribution < 1.29 is 13.2 Å². The van der Waals surface area contributed by atoms with Gasteiger partial charge in [0.2, 0.25) is 5.95 Å². The fourth-order valence-electron chi connectivity index (χ4n) is 3.47. The maximum Gasteiger partial charge on any atom is 0.225 e. The SMILES string of the molecule is O=S1(=O)CCC(Nc2nc(NCC3CCCO3)cc(-c3ccccc3)n2)C1. The summed E-state index contributed by atoms with van der Waals surface area (Å²) < 4.78 is 29.1. The molecular formula is C19H24N4O3S. The lowest BCUT2D eigenvalue weighted by Crippen LogP contribution is -2.23. The lowest BCUT2D eigenvalue weighted by molar-refractivity contribution is 0.120. The molecule has 2 atom stereocenters. The molecule has 27 heavy (non-hydrogen) atoms. The molecule has 2 saturated heterocycles. The molecule has 0 aliphatic carbocycles. The smallest absolute Gasteiger partial charge is 0.225 e. The van der Waals surface area contributed by atoms with Crippen LogP contribution in [0.25, 0.3) is 11.3 Å². The molecule has 2 aliphatic rings. The zero-order valence-electron chi connectivity index (χ0n) is 15.1. The lowest BCUT2D eigenvalue weighted by atomic mass is 10.1. The summed E-state index contributed by atoms with van der Waals surface area (Å²) in [5.74, 6) is 1.51. The summed E-state index contributed by atoms with van der Waals surface area (Å²) in [4.78, 5) is 9.15. The summed E-state index contributed by atoms with van der Waals surface area (Å²) in [5.41, 5.74) is 1.78. The minimum Gasteiger partial charge on any atom is -0.376 e. The van der Waals surface area contributed by atoms with Crippen LogP contribution in [0, 0.1) is 0 Å². The predicted molar refractivity (Wildman–Crippen MR) is 106 cm³/mol. The van der Waals surface area contributed by atoms with E-state index < -0.39 is 9.84 Å². The Labute approximate surface area is 159 Å². The maximum absolute atomic E-state index is 11.7. The molecular weight excluding hydrogens is 364 g/mol. The summed E-state index contributed by atoms with van der Waals surface area (Å²) >= 11 is 0. The Hall–Kier alpha value is -2.19. The van der Waals surface area contributed by atoms with Gasteiger partial charge >= 0.3 is 0 Å². The van der Waals surface area contributed by atoms with Gasteiger partial charge < -0.3 is 15.4 Å². The zero-order chi connectivity index (χ0) is 18.7. The number of benzene rings is 1. The molecule has 4 rings (SSSR count). The highest BCUT2D eigenvalue weighted by atomic mass is 32.2. The van der Waals surface area contributed by atoms with Gasteiger partial charge in [-0.3, -0.25) is 0 Å². The molecule has 0 saturated carbocycles. The zero-order valence-corrected chi connectivity index (χ0v) is 15.9. The van der Waals surface area contributed by atoms with Crippen LogP contribution in [0.15, 0.2) is 36.4 Å². The van der Waals surface area contributed by atoms with Crippen LogP contribution in [-0.4, -0.2) is 55.2 Å². The topological polar surface area (TPSA) is 93.2 Å².